The maximum absolute atomic E-state index is 12.4. The van der Waals surface area contributed by atoms with Gasteiger partial charge in [0.25, 0.3) is 11.2 Å². The van der Waals surface area contributed by atoms with Gasteiger partial charge in [-0.15, -0.1) is 0 Å². The predicted octanol–water partition coefficient (Wildman–Crippen LogP) is 2.51. The average molecular weight is 381 g/mol. The molecule has 2 aromatic heterocycles. The Bertz CT molecular complexity index is 1110. The fourth-order valence-electron chi connectivity index (χ4n) is 2.84. The standard InChI is InChI=1S/C19H19N5O4/c1-12-4-6-15(7-5-12)23-14(3)19(13(2)21-23)20-17(25)11-22-10-16(24(27)28)8-9-18(22)26/h4-10H,11H2,1-3H3,(H,20,25). The molecule has 0 aliphatic carbocycles. The Hall–Kier alpha value is -3.75. The monoisotopic (exact) mass is 381 g/mol. The summed E-state index contributed by atoms with van der Waals surface area (Å²) in [6.45, 7) is 5.25. The third-order valence-electron chi connectivity index (χ3n) is 4.33. The van der Waals surface area contributed by atoms with Crippen molar-refractivity contribution in [3.05, 3.63) is 80.0 Å². The molecule has 144 valence electrons. The van der Waals surface area contributed by atoms with E-state index >= 15 is 0 Å². The van der Waals surface area contributed by atoms with Crippen molar-refractivity contribution in [2.24, 2.45) is 0 Å². The first-order chi connectivity index (χ1) is 13.3. The van der Waals surface area contributed by atoms with Crippen molar-refractivity contribution in [2.45, 2.75) is 27.3 Å². The fraction of sp³-hybridized carbons (Fsp3) is 0.211. The number of carbonyl (C=O) groups excluding carboxylic acids is 1. The van der Waals surface area contributed by atoms with Crippen LogP contribution in [0.25, 0.3) is 5.69 Å². The number of pyridine rings is 1. The van der Waals surface area contributed by atoms with Crippen LogP contribution < -0.4 is 10.9 Å². The van der Waals surface area contributed by atoms with E-state index < -0.39 is 16.4 Å². The quantitative estimate of drug-likeness (QED) is 0.539. The van der Waals surface area contributed by atoms with E-state index in [9.17, 15) is 19.7 Å². The number of nitrogens with one attached hydrogen (secondary N) is 1. The van der Waals surface area contributed by atoms with Crippen molar-refractivity contribution in [1.82, 2.24) is 14.3 Å². The Morgan fingerprint density at radius 1 is 1.14 bits per heavy atom. The molecule has 0 aliphatic rings. The number of aromatic nitrogens is 3. The van der Waals surface area contributed by atoms with Crippen LogP contribution in [0.5, 0.6) is 0 Å². The van der Waals surface area contributed by atoms with Crippen LogP contribution in [0.15, 0.2) is 47.4 Å². The zero-order valence-electron chi connectivity index (χ0n) is 15.7. The summed E-state index contributed by atoms with van der Waals surface area (Å²) in [5, 5.41) is 18.1. The normalized spacial score (nSPS) is 10.7. The Balaban J connectivity index is 1.83. The van der Waals surface area contributed by atoms with E-state index in [1.807, 2.05) is 38.1 Å². The molecule has 9 nitrogen and oxygen atoms in total. The van der Waals surface area contributed by atoms with E-state index in [1.54, 1.807) is 11.6 Å². The Morgan fingerprint density at radius 2 is 1.82 bits per heavy atom. The van der Waals surface area contributed by atoms with Crippen LogP contribution in [0.2, 0.25) is 0 Å². The smallest absolute Gasteiger partial charge is 0.285 e. The highest BCUT2D eigenvalue weighted by atomic mass is 16.6. The van der Waals surface area contributed by atoms with Crippen LogP contribution in [0.4, 0.5) is 11.4 Å². The molecule has 1 N–H and O–H groups in total. The summed E-state index contributed by atoms with van der Waals surface area (Å²) in [4.78, 5) is 34.6. The summed E-state index contributed by atoms with van der Waals surface area (Å²) in [6.07, 6.45) is 1.05. The predicted molar refractivity (Wildman–Crippen MR) is 104 cm³/mol. The molecule has 0 bridgehead atoms. The van der Waals surface area contributed by atoms with Gasteiger partial charge in [0.15, 0.2) is 0 Å². The lowest BCUT2D eigenvalue weighted by molar-refractivity contribution is -0.385. The first-order valence-corrected chi connectivity index (χ1v) is 8.54. The van der Waals surface area contributed by atoms with Gasteiger partial charge < -0.3 is 5.32 Å². The van der Waals surface area contributed by atoms with Crippen molar-refractivity contribution in [2.75, 3.05) is 5.32 Å². The number of nitro groups is 1. The number of hydrogen-bond donors (Lipinski definition) is 1. The fourth-order valence-corrected chi connectivity index (χ4v) is 2.84. The zero-order valence-corrected chi connectivity index (χ0v) is 15.7. The van der Waals surface area contributed by atoms with Crippen LogP contribution >= 0.6 is 0 Å². The van der Waals surface area contributed by atoms with E-state index in [0.717, 1.165) is 39.8 Å². The third-order valence-corrected chi connectivity index (χ3v) is 4.33. The van der Waals surface area contributed by atoms with Gasteiger partial charge in [-0.3, -0.25) is 24.3 Å². The molecule has 3 aromatic rings. The third kappa shape index (κ3) is 3.83. The van der Waals surface area contributed by atoms with E-state index in [1.165, 1.54) is 0 Å². The van der Waals surface area contributed by atoms with Crippen molar-refractivity contribution in [1.29, 1.82) is 0 Å². The van der Waals surface area contributed by atoms with Crippen LogP contribution in [0.1, 0.15) is 17.0 Å². The van der Waals surface area contributed by atoms with Gasteiger partial charge in [-0.25, -0.2) is 4.68 Å². The Morgan fingerprint density at radius 3 is 2.46 bits per heavy atom. The largest absolute Gasteiger partial charge is 0.321 e. The molecule has 1 aromatic carbocycles. The summed E-state index contributed by atoms with van der Waals surface area (Å²) in [6, 6.07) is 9.98. The molecule has 2 heterocycles. The number of rotatable bonds is 5. The van der Waals surface area contributed by atoms with Crippen LogP contribution in [0, 0.1) is 30.9 Å². The SMILES string of the molecule is Cc1ccc(-n2nc(C)c(NC(=O)Cn3cc([N+](=O)[O-])ccc3=O)c2C)cc1. The van der Waals surface area contributed by atoms with Gasteiger partial charge in [0, 0.05) is 12.1 Å². The number of nitrogens with zero attached hydrogens (tertiary/aromatic N) is 4. The summed E-state index contributed by atoms with van der Waals surface area (Å²) in [5.41, 5.74) is 3.14. The summed E-state index contributed by atoms with van der Waals surface area (Å²) in [7, 11) is 0. The molecule has 0 spiro atoms. The van der Waals surface area contributed by atoms with Crippen molar-refractivity contribution in [3.63, 3.8) is 0 Å². The lowest BCUT2D eigenvalue weighted by atomic mass is 10.2. The minimum absolute atomic E-state index is 0.257. The van der Waals surface area contributed by atoms with Crippen molar-refractivity contribution in [3.8, 4) is 5.69 Å². The van der Waals surface area contributed by atoms with Gasteiger partial charge in [-0.1, -0.05) is 17.7 Å². The highest BCUT2D eigenvalue weighted by Gasteiger charge is 2.16. The molecule has 1 amide bonds. The molecule has 0 unspecified atom stereocenters. The molecule has 0 saturated carbocycles. The number of carbonyl (C=O) groups is 1. The Kier molecular flexibility index (Phi) is 5.08. The van der Waals surface area contributed by atoms with Gasteiger partial charge >= 0.3 is 0 Å². The second-order valence-electron chi connectivity index (χ2n) is 6.45. The minimum Gasteiger partial charge on any atom is -0.321 e. The average Bonchev–Trinajstić information content (AvgIpc) is 2.92. The van der Waals surface area contributed by atoms with Crippen LogP contribution in [-0.4, -0.2) is 25.2 Å². The van der Waals surface area contributed by atoms with E-state index in [0.29, 0.717) is 11.4 Å². The molecular formula is C19H19N5O4. The topological polar surface area (TPSA) is 112 Å². The number of anilines is 1. The Labute approximate surface area is 160 Å². The van der Waals surface area contributed by atoms with Crippen molar-refractivity contribution >= 4 is 17.3 Å². The molecule has 3 rings (SSSR count). The first kappa shape index (κ1) is 19.0. The van der Waals surface area contributed by atoms with Crippen LogP contribution in [0.3, 0.4) is 0 Å². The van der Waals surface area contributed by atoms with Crippen molar-refractivity contribution < 1.29 is 9.72 Å². The highest BCUT2D eigenvalue weighted by molar-refractivity contribution is 5.91. The van der Waals surface area contributed by atoms with Gasteiger partial charge in [0.2, 0.25) is 5.91 Å². The summed E-state index contributed by atoms with van der Waals surface area (Å²) in [5.74, 6) is -0.475. The molecular weight excluding hydrogens is 362 g/mol. The van der Waals surface area contributed by atoms with Gasteiger partial charge in [-0.2, -0.15) is 5.10 Å². The second-order valence-corrected chi connectivity index (χ2v) is 6.45. The molecule has 9 heteroatoms. The molecule has 0 fully saturated rings. The highest BCUT2D eigenvalue weighted by Crippen LogP contribution is 2.23. The maximum atomic E-state index is 12.4. The molecule has 0 saturated heterocycles. The van der Waals surface area contributed by atoms with Crippen LogP contribution in [-0.2, 0) is 11.3 Å². The number of hydrogen-bond acceptors (Lipinski definition) is 5. The van der Waals surface area contributed by atoms with Gasteiger partial charge in [-0.05, 0) is 32.9 Å². The lowest BCUT2D eigenvalue weighted by Crippen LogP contribution is -2.27. The number of benzene rings is 1. The minimum atomic E-state index is -0.617. The number of aryl methyl sites for hydroxylation is 2. The molecule has 0 atom stereocenters. The van der Waals surface area contributed by atoms with Gasteiger partial charge in [0.05, 0.1) is 33.9 Å². The summed E-state index contributed by atoms with van der Waals surface area (Å²) < 4.78 is 2.73. The lowest BCUT2D eigenvalue weighted by Gasteiger charge is -2.08. The van der Waals surface area contributed by atoms with E-state index in [2.05, 4.69) is 10.4 Å². The summed E-state index contributed by atoms with van der Waals surface area (Å²) >= 11 is 0. The maximum Gasteiger partial charge on any atom is 0.285 e. The molecule has 0 aliphatic heterocycles. The number of amides is 1. The first-order valence-electron chi connectivity index (χ1n) is 8.54. The van der Waals surface area contributed by atoms with Gasteiger partial charge in [0.1, 0.15) is 6.54 Å². The van der Waals surface area contributed by atoms with E-state index in [-0.39, 0.29) is 12.2 Å². The molecule has 0 radical (unpaired) electrons. The molecule has 28 heavy (non-hydrogen) atoms. The zero-order chi connectivity index (χ0) is 20.4. The van der Waals surface area contributed by atoms with E-state index in [4.69, 9.17) is 0 Å². The second kappa shape index (κ2) is 7.47.